The van der Waals surface area contributed by atoms with Crippen molar-refractivity contribution in [3.05, 3.63) is 34.4 Å². The summed E-state index contributed by atoms with van der Waals surface area (Å²) < 4.78 is 0. The van der Waals surface area contributed by atoms with Crippen LogP contribution in [0.4, 0.5) is 11.4 Å². The SMILES string of the molecule is CC.CCC(C)Nc1ccccc1[N+](=O)[O-]. The lowest BCUT2D eigenvalue weighted by molar-refractivity contribution is -0.384. The van der Waals surface area contributed by atoms with Crippen LogP contribution in [0, 0.1) is 10.1 Å². The Hall–Kier alpha value is -1.58. The summed E-state index contributed by atoms with van der Waals surface area (Å²) in [6, 6.07) is 6.93. The van der Waals surface area contributed by atoms with E-state index in [1.54, 1.807) is 18.2 Å². The topological polar surface area (TPSA) is 55.2 Å². The number of para-hydroxylation sites is 2. The zero-order chi connectivity index (χ0) is 12.6. The minimum atomic E-state index is -0.370. The van der Waals surface area contributed by atoms with Gasteiger partial charge in [-0.1, -0.05) is 32.9 Å². The highest BCUT2D eigenvalue weighted by Gasteiger charge is 2.12. The van der Waals surface area contributed by atoms with Crippen LogP contribution < -0.4 is 5.32 Å². The maximum Gasteiger partial charge on any atom is 0.292 e. The maximum absolute atomic E-state index is 10.7. The highest BCUT2D eigenvalue weighted by Crippen LogP contribution is 2.23. The van der Waals surface area contributed by atoms with Gasteiger partial charge < -0.3 is 5.32 Å². The lowest BCUT2D eigenvalue weighted by Gasteiger charge is -2.12. The van der Waals surface area contributed by atoms with Crippen molar-refractivity contribution in [2.24, 2.45) is 0 Å². The molecule has 0 aliphatic carbocycles. The molecule has 0 heterocycles. The van der Waals surface area contributed by atoms with Gasteiger partial charge in [0, 0.05) is 12.1 Å². The molecule has 4 heteroatoms. The van der Waals surface area contributed by atoms with E-state index in [1.807, 2.05) is 27.7 Å². The van der Waals surface area contributed by atoms with E-state index < -0.39 is 0 Å². The Morgan fingerprint density at radius 1 is 1.38 bits per heavy atom. The smallest absolute Gasteiger partial charge is 0.292 e. The number of nitro benzene ring substituents is 1. The third-order valence-electron chi connectivity index (χ3n) is 2.12. The Bertz CT molecular complexity index is 327. The molecule has 1 aromatic rings. The van der Waals surface area contributed by atoms with Gasteiger partial charge in [-0.05, 0) is 19.4 Å². The van der Waals surface area contributed by atoms with Crippen LogP contribution in [0.1, 0.15) is 34.1 Å². The number of benzene rings is 1. The summed E-state index contributed by atoms with van der Waals surface area (Å²) in [5.74, 6) is 0. The second-order valence-corrected chi connectivity index (χ2v) is 3.23. The van der Waals surface area contributed by atoms with E-state index in [4.69, 9.17) is 0 Å². The van der Waals surface area contributed by atoms with Crippen LogP contribution >= 0.6 is 0 Å². The first-order valence-electron chi connectivity index (χ1n) is 5.65. The Labute approximate surface area is 96.8 Å². The standard InChI is InChI=1S/C10H14N2O2.C2H6/c1-3-8(2)11-9-6-4-5-7-10(9)12(13)14;1-2/h4-8,11H,3H2,1-2H3;1-2H3. The van der Waals surface area contributed by atoms with Crippen molar-refractivity contribution in [2.45, 2.75) is 40.2 Å². The van der Waals surface area contributed by atoms with Gasteiger partial charge in [0.1, 0.15) is 5.69 Å². The zero-order valence-electron chi connectivity index (χ0n) is 10.4. The third kappa shape index (κ3) is 4.29. The van der Waals surface area contributed by atoms with E-state index in [9.17, 15) is 10.1 Å². The van der Waals surface area contributed by atoms with E-state index in [-0.39, 0.29) is 16.7 Å². The quantitative estimate of drug-likeness (QED) is 0.624. The first-order valence-corrected chi connectivity index (χ1v) is 5.65. The average Bonchev–Trinajstić information content (AvgIpc) is 2.32. The van der Waals surface area contributed by atoms with Crippen LogP contribution in [-0.2, 0) is 0 Å². The van der Waals surface area contributed by atoms with Crippen LogP contribution in [0.25, 0.3) is 0 Å². The van der Waals surface area contributed by atoms with E-state index in [0.29, 0.717) is 5.69 Å². The lowest BCUT2D eigenvalue weighted by Crippen LogP contribution is -2.14. The molecule has 16 heavy (non-hydrogen) atoms. The van der Waals surface area contributed by atoms with E-state index in [2.05, 4.69) is 5.32 Å². The number of nitro groups is 1. The fraction of sp³-hybridized carbons (Fsp3) is 0.500. The molecule has 1 N–H and O–H groups in total. The summed E-state index contributed by atoms with van der Waals surface area (Å²) in [7, 11) is 0. The Kier molecular flexibility index (Phi) is 6.92. The van der Waals surface area contributed by atoms with Gasteiger partial charge in [-0.15, -0.1) is 0 Å². The molecule has 0 saturated heterocycles. The number of hydrogen-bond donors (Lipinski definition) is 1. The van der Waals surface area contributed by atoms with Crippen molar-refractivity contribution in [3.63, 3.8) is 0 Å². The van der Waals surface area contributed by atoms with E-state index in [0.717, 1.165) is 6.42 Å². The minimum Gasteiger partial charge on any atom is -0.377 e. The van der Waals surface area contributed by atoms with Gasteiger partial charge in [0.25, 0.3) is 5.69 Å². The summed E-state index contributed by atoms with van der Waals surface area (Å²) in [6.07, 6.45) is 0.937. The van der Waals surface area contributed by atoms with Gasteiger partial charge in [0.2, 0.25) is 0 Å². The Morgan fingerprint density at radius 3 is 2.44 bits per heavy atom. The Balaban J connectivity index is 0.00000106. The molecule has 4 nitrogen and oxygen atoms in total. The molecule has 0 aliphatic heterocycles. The molecule has 0 aromatic heterocycles. The van der Waals surface area contributed by atoms with Crippen molar-refractivity contribution >= 4 is 11.4 Å². The van der Waals surface area contributed by atoms with Gasteiger partial charge in [-0.2, -0.15) is 0 Å². The van der Waals surface area contributed by atoms with Crippen LogP contribution in [0.2, 0.25) is 0 Å². The van der Waals surface area contributed by atoms with E-state index >= 15 is 0 Å². The summed E-state index contributed by atoms with van der Waals surface area (Å²) >= 11 is 0. The molecule has 90 valence electrons. The van der Waals surface area contributed by atoms with Gasteiger partial charge in [-0.3, -0.25) is 10.1 Å². The van der Waals surface area contributed by atoms with E-state index in [1.165, 1.54) is 6.07 Å². The summed E-state index contributed by atoms with van der Waals surface area (Å²) in [5.41, 5.74) is 0.722. The minimum absolute atomic E-state index is 0.132. The number of rotatable bonds is 4. The Morgan fingerprint density at radius 2 is 1.94 bits per heavy atom. The predicted octanol–water partition coefficient (Wildman–Crippen LogP) is 3.83. The van der Waals surface area contributed by atoms with Crippen LogP contribution in [0.3, 0.4) is 0 Å². The molecule has 1 unspecified atom stereocenters. The molecule has 1 rings (SSSR count). The fourth-order valence-electron chi connectivity index (χ4n) is 1.12. The van der Waals surface area contributed by atoms with Crippen LogP contribution in [0.5, 0.6) is 0 Å². The normalized spacial score (nSPS) is 11.0. The van der Waals surface area contributed by atoms with Crippen LogP contribution in [-0.4, -0.2) is 11.0 Å². The van der Waals surface area contributed by atoms with Gasteiger partial charge in [0.05, 0.1) is 4.92 Å². The monoisotopic (exact) mass is 224 g/mol. The molecular formula is C12H20N2O2. The summed E-state index contributed by atoms with van der Waals surface area (Å²) in [5, 5.41) is 13.8. The number of nitrogens with one attached hydrogen (secondary N) is 1. The molecule has 0 bridgehead atoms. The van der Waals surface area contributed by atoms with Crippen molar-refractivity contribution in [1.82, 2.24) is 0 Å². The third-order valence-corrected chi connectivity index (χ3v) is 2.12. The highest BCUT2D eigenvalue weighted by atomic mass is 16.6. The average molecular weight is 224 g/mol. The van der Waals surface area contributed by atoms with Gasteiger partial charge in [-0.25, -0.2) is 0 Å². The number of hydrogen-bond acceptors (Lipinski definition) is 3. The van der Waals surface area contributed by atoms with Crippen molar-refractivity contribution in [1.29, 1.82) is 0 Å². The summed E-state index contributed by atoms with van der Waals surface area (Å²) in [6.45, 7) is 8.03. The highest BCUT2D eigenvalue weighted by molar-refractivity contribution is 5.61. The van der Waals surface area contributed by atoms with Gasteiger partial charge >= 0.3 is 0 Å². The molecule has 0 saturated carbocycles. The zero-order valence-corrected chi connectivity index (χ0v) is 10.4. The lowest BCUT2D eigenvalue weighted by atomic mass is 10.2. The first-order chi connectivity index (χ1) is 7.65. The predicted molar refractivity (Wildman–Crippen MR) is 67.8 cm³/mol. The number of nitrogens with zero attached hydrogens (tertiary/aromatic N) is 1. The molecule has 1 atom stereocenters. The molecule has 0 aliphatic rings. The van der Waals surface area contributed by atoms with Crippen molar-refractivity contribution in [2.75, 3.05) is 5.32 Å². The molecule has 0 radical (unpaired) electrons. The molecule has 1 aromatic carbocycles. The maximum atomic E-state index is 10.7. The second kappa shape index (κ2) is 7.68. The number of anilines is 1. The molecule has 0 fully saturated rings. The van der Waals surface area contributed by atoms with Crippen molar-refractivity contribution < 1.29 is 4.92 Å². The molecule has 0 spiro atoms. The first kappa shape index (κ1) is 14.4. The second-order valence-electron chi connectivity index (χ2n) is 3.23. The molecular weight excluding hydrogens is 204 g/mol. The van der Waals surface area contributed by atoms with Crippen LogP contribution in [0.15, 0.2) is 24.3 Å². The summed E-state index contributed by atoms with van der Waals surface area (Å²) in [4.78, 5) is 10.3. The van der Waals surface area contributed by atoms with Crippen molar-refractivity contribution in [3.8, 4) is 0 Å². The largest absolute Gasteiger partial charge is 0.377 e. The molecule has 0 amide bonds. The van der Waals surface area contributed by atoms with Gasteiger partial charge in [0.15, 0.2) is 0 Å². The fourth-order valence-corrected chi connectivity index (χ4v) is 1.12.